The van der Waals surface area contributed by atoms with Crippen LogP contribution in [-0.2, 0) is 23.0 Å². The fourth-order valence-electron chi connectivity index (χ4n) is 1.91. The molecule has 0 radical (unpaired) electrons. The van der Waals surface area contributed by atoms with Gasteiger partial charge < -0.3 is 4.57 Å². The largest absolute Gasteiger partial charge is 0.333 e. The minimum Gasteiger partial charge on any atom is -0.333 e. The van der Waals surface area contributed by atoms with Gasteiger partial charge in [0.15, 0.2) is 5.03 Å². The van der Waals surface area contributed by atoms with Crippen LogP contribution in [0.5, 0.6) is 0 Å². The number of nitrogens with zero attached hydrogens (tertiary/aromatic N) is 2. The Hall–Kier alpha value is -0.880. The van der Waals surface area contributed by atoms with E-state index < -0.39 is 10.0 Å². The molecule has 1 aromatic rings. The van der Waals surface area contributed by atoms with E-state index in [2.05, 4.69) is 11.9 Å². The fourth-order valence-corrected chi connectivity index (χ4v) is 2.42. The van der Waals surface area contributed by atoms with Gasteiger partial charge in [0.05, 0.1) is 0 Å². The summed E-state index contributed by atoms with van der Waals surface area (Å²) in [6.45, 7) is 2.90. The average Bonchev–Trinajstić information content (AvgIpc) is 2.97. The number of rotatable bonds is 6. The second-order valence-corrected chi connectivity index (χ2v) is 6.22. The molecule has 0 aliphatic heterocycles. The van der Waals surface area contributed by atoms with E-state index in [0.717, 1.165) is 37.5 Å². The Morgan fingerprint density at radius 1 is 1.53 bits per heavy atom. The molecule has 1 fully saturated rings. The first kappa shape index (κ1) is 12.6. The van der Waals surface area contributed by atoms with Gasteiger partial charge in [-0.1, -0.05) is 19.8 Å². The van der Waals surface area contributed by atoms with Gasteiger partial charge >= 0.3 is 0 Å². The first-order chi connectivity index (χ1) is 8.00. The van der Waals surface area contributed by atoms with Gasteiger partial charge in [-0.05, 0) is 18.8 Å². The van der Waals surface area contributed by atoms with Crippen LogP contribution >= 0.6 is 0 Å². The number of nitrogens with two attached hydrogens (primary N) is 1. The van der Waals surface area contributed by atoms with E-state index >= 15 is 0 Å². The van der Waals surface area contributed by atoms with Gasteiger partial charge in [-0.15, -0.1) is 0 Å². The van der Waals surface area contributed by atoms with E-state index in [4.69, 9.17) is 5.14 Å². The molecule has 1 aromatic heterocycles. The van der Waals surface area contributed by atoms with Gasteiger partial charge in [-0.25, -0.2) is 18.5 Å². The second-order valence-electron chi connectivity index (χ2n) is 4.72. The summed E-state index contributed by atoms with van der Waals surface area (Å²) >= 11 is 0. The van der Waals surface area contributed by atoms with Gasteiger partial charge in [0.1, 0.15) is 5.82 Å². The number of aromatic nitrogens is 2. The zero-order valence-corrected chi connectivity index (χ0v) is 10.9. The van der Waals surface area contributed by atoms with Gasteiger partial charge in [0, 0.05) is 19.2 Å². The zero-order valence-electron chi connectivity index (χ0n) is 10.1. The van der Waals surface area contributed by atoms with E-state index in [1.54, 1.807) is 6.20 Å². The lowest BCUT2D eigenvalue weighted by atomic mass is 10.3. The van der Waals surface area contributed by atoms with Gasteiger partial charge in [0.2, 0.25) is 0 Å². The van der Waals surface area contributed by atoms with Crippen LogP contribution in [0.25, 0.3) is 0 Å². The Morgan fingerprint density at radius 2 is 2.24 bits per heavy atom. The molecule has 0 saturated heterocycles. The summed E-state index contributed by atoms with van der Waals surface area (Å²) in [6, 6.07) is 0. The van der Waals surface area contributed by atoms with E-state index in [9.17, 15) is 8.42 Å². The summed E-state index contributed by atoms with van der Waals surface area (Å²) in [5.74, 6) is 1.65. The van der Waals surface area contributed by atoms with Crippen molar-refractivity contribution in [1.82, 2.24) is 9.55 Å². The van der Waals surface area contributed by atoms with Gasteiger partial charge in [-0.3, -0.25) is 0 Å². The van der Waals surface area contributed by atoms with Crippen molar-refractivity contribution in [2.45, 2.75) is 50.6 Å². The maximum atomic E-state index is 11.3. The molecule has 1 aliphatic rings. The predicted octanol–water partition coefficient (Wildman–Crippen LogP) is 1.28. The van der Waals surface area contributed by atoms with Crippen LogP contribution in [0, 0.1) is 5.92 Å². The lowest BCUT2D eigenvalue weighted by Gasteiger charge is -2.05. The summed E-state index contributed by atoms with van der Waals surface area (Å²) in [5.41, 5.74) is 0. The third kappa shape index (κ3) is 3.29. The molecule has 6 heteroatoms. The highest BCUT2D eigenvalue weighted by atomic mass is 32.2. The minimum absolute atomic E-state index is 0.00301. The highest BCUT2D eigenvalue weighted by Crippen LogP contribution is 2.33. The molecule has 0 amide bonds. The monoisotopic (exact) mass is 257 g/mol. The van der Waals surface area contributed by atoms with Gasteiger partial charge in [0.25, 0.3) is 10.0 Å². The van der Waals surface area contributed by atoms with Crippen LogP contribution in [0.3, 0.4) is 0 Å². The fraction of sp³-hybridized carbons (Fsp3) is 0.727. The van der Waals surface area contributed by atoms with Crippen LogP contribution in [0.2, 0.25) is 0 Å². The van der Waals surface area contributed by atoms with Crippen LogP contribution in [0.1, 0.15) is 38.4 Å². The summed E-state index contributed by atoms with van der Waals surface area (Å²) in [4.78, 5) is 4.12. The van der Waals surface area contributed by atoms with Crippen molar-refractivity contribution in [3.8, 4) is 0 Å². The molecule has 0 aromatic carbocycles. The Labute approximate surface area is 102 Å². The van der Waals surface area contributed by atoms with Crippen LogP contribution in [0.4, 0.5) is 0 Å². The second kappa shape index (κ2) is 4.78. The first-order valence-electron chi connectivity index (χ1n) is 6.09. The lowest BCUT2D eigenvalue weighted by molar-refractivity contribution is 0.570. The summed E-state index contributed by atoms with van der Waals surface area (Å²) in [7, 11) is -3.68. The predicted molar refractivity (Wildman–Crippen MR) is 64.9 cm³/mol. The molecule has 96 valence electrons. The number of primary sulfonamides is 1. The third-order valence-corrected chi connectivity index (χ3v) is 3.86. The third-order valence-electron chi connectivity index (χ3n) is 3.08. The first-order valence-corrected chi connectivity index (χ1v) is 7.64. The highest BCUT2D eigenvalue weighted by molar-refractivity contribution is 7.89. The Balaban J connectivity index is 2.17. The summed E-state index contributed by atoms with van der Waals surface area (Å²) in [5, 5.41) is 5.10. The molecule has 1 aliphatic carbocycles. The average molecular weight is 257 g/mol. The number of sulfonamides is 1. The quantitative estimate of drug-likeness (QED) is 0.834. The molecule has 0 atom stereocenters. The number of hydrogen-bond donors (Lipinski definition) is 1. The van der Waals surface area contributed by atoms with Crippen LogP contribution < -0.4 is 5.14 Å². The molecule has 1 saturated carbocycles. The smallest absolute Gasteiger partial charge is 0.257 e. The summed E-state index contributed by atoms with van der Waals surface area (Å²) < 4.78 is 24.5. The van der Waals surface area contributed by atoms with Crippen molar-refractivity contribution in [1.29, 1.82) is 0 Å². The lowest BCUT2D eigenvalue weighted by Crippen LogP contribution is -2.12. The van der Waals surface area contributed by atoms with Crippen LogP contribution in [0.15, 0.2) is 11.2 Å². The summed E-state index contributed by atoms with van der Waals surface area (Å²) in [6.07, 6.45) is 7.03. The molecule has 1 heterocycles. The van der Waals surface area contributed by atoms with E-state index in [0.29, 0.717) is 0 Å². The Bertz CT molecular complexity index is 489. The van der Waals surface area contributed by atoms with Gasteiger partial charge in [-0.2, -0.15) is 0 Å². The molecule has 17 heavy (non-hydrogen) atoms. The number of aryl methyl sites for hydroxylation is 2. The molecule has 5 nitrogen and oxygen atoms in total. The van der Waals surface area contributed by atoms with Crippen LogP contribution in [-0.4, -0.2) is 18.0 Å². The number of imidazole rings is 1. The maximum absolute atomic E-state index is 11.3. The normalized spacial score (nSPS) is 16.4. The molecule has 0 spiro atoms. The molecule has 0 bridgehead atoms. The minimum atomic E-state index is -3.68. The number of hydrogen-bond acceptors (Lipinski definition) is 3. The van der Waals surface area contributed by atoms with E-state index in [-0.39, 0.29) is 5.03 Å². The molecule has 2 N–H and O–H groups in total. The Morgan fingerprint density at radius 3 is 2.76 bits per heavy atom. The van der Waals surface area contributed by atoms with Crippen molar-refractivity contribution < 1.29 is 8.42 Å². The van der Waals surface area contributed by atoms with Crippen molar-refractivity contribution in [3.05, 3.63) is 12.0 Å². The van der Waals surface area contributed by atoms with E-state index in [1.807, 2.05) is 4.57 Å². The molecule has 2 rings (SSSR count). The van der Waals surface area contributed by atoms with E-state index in [1.165, 1.54) is 12.8 Å². The molecular weight excluding hydrogens is 238 g/mol. The van der Waals surface area contributed by atoms with Crippen molar-refractivity contribution in [2.75, 3.05) is 0 Å². The standard InChI is InChI=1S/C11H19N3O2S/c1-2-3-10-13-11(17(12,15)16)8-14(10)7-6-9-4-5-9/h8-9H,2-7H2,1H3,(H2,12,15,16). The highest BCUT2D eigenvalue weighted by Gasteiger charge is 2.22. The molecule has 0 unspecified atom stereocenters. The van der Waals surface area contributed by atoms with Crippen molar-refractivity contribution in [2.24, 2.45) is 11.1 Å². The zero-order chi connectivity index (χ0) is 12.5. The topological polar surface area (TPSA) is 78.0 Å². The molecular formula is C11H19N3O2S. The van der Waals surface area contributed by atoms with Crippen molar-refractivity contribution in [3.63, 3.8) is 0 Å². The van der Waals surface area contributed by atoms with Crippen molar-refractivity contribution >= 4 is 10.0 Å². The Kier molecular flexibility index (Phi) is 3.53. The SMILES string of the molecule is CCCc1nc(S(N)(=O)=O)cn1CCC1CC1. The maximum Gasteiger partial charge on any atom is 0.257 e.